The minimum absolute atomic E-state index is 0.238. The summed E-state index contributed by atoms with van der Waals surface area (Å²) in [7, 11) is 0. The average Bonchev–Trinajstić information content (AvgIpc) is 2.91. The van der Waals surface area contributed by atoms with E-state index in [-0.39, 0.29) is 11.5 Å². The van der Waals surface area contributed by atoms with Gasteiger partial charge in [0.15, 0.2) is 17.5 Å². The fourth-order valence-electron chi connectivity index (χ4n) is 2.02. The summed E-state index contributed by atoms with van der Waals surface area (Å²) >= 11 is 0. The Hall–Kier alpha value is -2.83. The van der Waals surface area contributed by atoms with E-state index in [9.17, 15) is 8.78 Å². The van der Waals surface area contributed by atoms with Crippen LogP contribution in [0.4, 0.5) is 14.5 Å². The third-order valence-corrected chi connectivity index (χ3v) is 3.15. The lowest BCUT2D eigenvalue weighted by molar-refractivity contribution is 0.557. The van der Waals surface area contributed by atoms with Gasteiger partial charge in [0.2, 0.25) is 0 Å². The number of hydrogen-bond donors (Lipinski definition) is 1. The molecule has 7 heteroatoms. The Labute approximate surface area is 119 Å². The van der Waals surface area contributed by atoms with E-state index in [1.54, 1.807) is 18.2 Å². The SMILES string of the molecule is Cc1cc(-c2nnnn2-c2c(F)cccc2F)ccc1N. The number of aromatic nitrogens is 4. The summed E-state index contributed by atoms with van der Waals surface area (Å²) in [6.07, 6.45) is 0. The quantitative estimate of drug-likeness (QED) is 0.735. The normalized spacial score (nSPS) is 10.8. The maximum Gasteiger partial charge on any atom is 0.187 e. The molecule has 0 bridgehead atoms. The fourth-order valence-corrected chi connectivity index (χ4v) is 2.02. The Kier molecular flexibility index (Phi) is 3.09. The van der Waals surface area contributed by atoms with Crippen LogP contribution in [0.15, 0.2) is 36.4 Å². The van der Waals surface area contributed by atoms with E-state index in [0.717, 1.165) is 22.4 Å². The molecular formula is C14H11F2N5. The number of hydrogen-bond acceptors (Lipinski definition) is 4. The summed E-state index contributed by atoms with van der Waals surface area (Å²) in [5.74, 6) is -1.24. The van der Waals surface area contributed by atoms with Crippen molar-refractivity contribution in [3.05, 3.63) is 53.6 Å². The van der Waals surface area contributed by atoms with Crippen molar-refractivity contribution < 1.29 is 8.78 Å². The lowest BCUT2D eigenvalue weighted by Crippen LogP contribution is -2.05. The van der Waals surface area contributed by atoms with Crippen molar-refractivity contribution >= 4 is 5.69 Å². The molecule has 106 valence electrons. The third-order valence-electron chi connectivity index (χ3n) is 3.15. The molecule has 21 heavy (non-hydrogen) atoms. The van der Waals surface area contributed by atoms with Crippen molar-refractivity contribution in [1.29, 1.82) is 0 Å². The third kappa shape index (κ3) is 2.22. The molecule has 0 saturated carbocycles. The summed E-state index contributed by atoms with van der Waals surface area (Å²) in [6, 6.07) is 8.74. The highest BCUT2D eigenvalue weighted by molar-refractivity contribution is 5.63. The van der Waals surface area contributed by atoms with Crippen LogP contribution in [0.2, 0.25) is 0 Å². The topological polar surface area (TPSA) is 69.6 Å². The molecule has 3 rings (SSSR count). The van der Waals surface area contributed by atoms with Crippen LogP contribution in [0.1, 0.15) is 5.56 Å². The minimum Gasteiger partial charge on any atom is -0.399 e. The molecule has 2 N–H and O–H groups in total. The zero-order valence-corrected chi connectivity index (χ0v) is 11.1. The molecule has 1 heterocycles. The van der Waals surface area contributed by atoms with Gasteiger partial charge in [-0.3, -0.25) is 0 Å². The van der Waals surface area contributed by atoms with Crippen LogP contribution in [0.3, 0.4) is 0 Å². The second kappa shape index (κ2) is 4.93. The van der Waals surface area contributed by atoms with Crippen LogP contribution in [0.5, 0.6) is 0 Å². The summed E-state index contributed by atoms with van der Waals surface area (Å²) in [5, 5.41) is 11.0. The predicted molar refractivity (Wildman–Crippen MR) is 73.7 cm³/mol. The van der Waals surface area contributed by atoms with Gasteiger partial charge in [0, 0.05) is 11.3 Å². The van der Waals surface area contributed by atoms with Crippen molar-refractivity contribution in [2.45, 2.75) is 6.92 Å². The van der Waals surface area contributed by atoms with Crippen molar-refractivity contribution in [2.24, 2.45) is 0 Å². The molecule has 0 aliphatic rings. The average molecular weight is 287 g/mol. The number of tetrazole rings is 1. The van der Waals surface area contributed by atoms with Gasteiger partial charge >= 0.3 is 0 Å². The van der Waals surface area contributed by atoms with E-state index >= 15 is 0 Å². The zero-order chi connectivity index (χ0) is 15.0. The molecule has 0 fully saturated rings. The molecule has 0 unspecified atom stereocenters. The molecular weight excluding hydrogens is 276 g/mol. The summed E-state index contributed by atoms with van der Waals surface area (Å²) in [5.41, 5.74) is 7.52. The van der Waals surface area contributed by atoms with Gasteiger partial charge in [-0.1, -0.05) is 6.07 Å². The number of benzene rings is 2. The van der Waals surface area contributed by atoms with E-state index in [2.05, 4.69) is 15.5 Å². The van der Waals surface area contributed by atoms with Crippen LogP contribution < -0.4 is 5.73 Å². The molecule has 0 atom stereocenters. The summed E-state index contributed by atoms with van der Waals surface area (Å²) < 4.78 is 28.8. The first kappa shape index (κ1) is 13.2. The van der Waals surface area contributed by atoms with E-state index in [1.165, 1.54) is 6.07 Å². The van der Waals surface area contributed by atoms with E-state index < -0.39 is 11.6 Å². The highest BCUT2D eigenvalue weighted by atomic mass is 19.1. The summed E-state index contributed by atoms with van der Waals surface area (Å²) in [6.45, 7) is 1.83. The molecule has 2 aromatic carbocycles. The lowest BCUT2D eigenvalue weighted by atomic mass is 10.1. The van der Waals surface area contributed by atoms with Gasteiger partial charge in [0.05, 0.1) is 0 Å². The Morgan fingerprint density at radius 3 is 2.48 bits per heavy atom. The van der Waals surface area contributed by atoms with E-state index in [1.807, 2.05) is 6.92 Å². The van der Waals surface area contributed by atoms with Crippen LogP contribution in [-0.4, -0.2) is 20.2 Å². The Balaban J connectivity index is 2.20. The molecule has 0 amide bonds. The van der Waals surface area contributed by atoms with Gasteiger partial charge in [0.25, 0.3) is 0 Å². The van der Waals surface area contributed by atoms with Crippen LogP contribution in [0.25, 0.3) is 17.1 Å². The van der Waals surface area contributed by atoms with E-state index in [4.69, 9.17) is 5.73 Å². The molecule has 0 radical (unpaired) electrons. The molecule has 3 aromatic rings. The van der Waals surface area contributed by atoms with Gasteiger partial charge in [-0.05, 0) is 53.2 Å². The Morgan fingerprint density at radius 1 is 1.10 bits per heavy atom. The second-order valence-electron chi connectivity index (χ2n) is 4.56. The number of nitrogens with two attached hydrogens (primary N) is 1. The predicted octanol–water partition coefficient (Wildman–Crippen LogP) is 2.50. The number of aryl methyl sites for hydroxylation is 1. The molecule has 0 saturated heterocycles. The van der Waals surface area contributed by atoms with Crippen molar-refractivity contribution in [1.82, 2.24) is 20.2 Å². The van der Waals surface area contributed by atoms with Crippen LogP contribution in [0, 0.1) is 18.6 Å². The first-order chi connectivity index (χ1) is 10.1. The van der Waals surface area contributed by atoms with Crippen molar-refractivity contribution in [3.8, 4) is 17.1 Å². The molecule has 0 spiro atoms. The first-order valence-electron chi connectivity index (χ1n) is 6.17. The first-order valence-corrected chi connectivity index (χ1v) is 6.17. The lowest BCUT2D eigenvalue weighted by Gasteiger charge is -2.08. The van der Waals surface area contributed by atoms with Crippen molar-refractivity contribution in [3.63, 3.8) is 0 Å². The highest BCUT2D eigenvalue weighted by Crippen LogP contribution is 2.25. The summed E-state index contributed by atoms with van der Waals surface area (Å²) in [4.78, 5) is 0. The van der Waals surface area contributed by atoms with Crippen molar-refractivity contribution in [2.75, 3.05) is 5.73 Å². The molecule has 5 nitrogen and oxygen atoms in total. The van der Waals surface area contributed by atoms with Gasteiger partial charge in [-0.2, -0.15) is 4.68 Å². The minimum atomic E-state index is -0.740. The second-order valence-corrected chi connectivity index (χ2v) is 4.56. The Morgan fingerprint density at radius 2 is 1.81 bits per heavy atom. The standard InChI is InChI=1S/C14H11F2N5/c1-8-7-9(5-6-12(8)17)14-18-19-20-21(14)13-10(15)3-2-4-11(13)16/h2-7H,17H2,1H3. The zero-order valence-electron chi connectivity index (χ0n) is 11.1. The largest absolute Gasteiger partial charge is 0.399 e. The van der Waals surface area contributed by atoms with Gasteiger partial charge in [-0.15, -0.1) is 5.10 Å². The van der Waals surface area contributed by atoms with Gasteiger partial charge < -0.3 is 5.73 Å². The highest BCUT2D eigenvalue weighted by Gasteiger charge is 2.18. The maximum atomic E-state index is 13.9. The monoisotopic (exact) mass is 287 g/mol. The number of para-hydroxylation sites is 1. The number of rotatable bonds is 2. The molecule has 0 aliphatic heterocycles. The fraction of sp³-hybridized carbons (Fsp3) is 0.0714. The van der Waals surface area contributed by atoms with Crippen LogP contribution >= 0.6 is 0 Å². The number of nitrogens with zero attached hydrogens (tertiary/aromatic N) is 4. The number of nitrogen functional groups attached to an aromatic ring is 1. The smallest absolute Gasteiger partial charge is 0.187 e. The Bertz CT molecular complexity index is 793. The molecule has 0 aliphatic carbocycles. The van der Waals surface area contributed by atoms with Gasteiger partial charge in [-0.25, -0.2) is 8.78 Å². The molecule has 1 aromatic heterocycles. The number of anilines is 1. The van der Waals surface area contributed by atoms with E-state index in [0.29, 0.717) is 11.3 Å². The van der Waals surface area contributed by atoms with Crippen LogP contribution in [-0.2, 0) is 0 Å². The maximum absolute atomic E-state index is 13.9. The number of halogens is 2. The van der Waals surface area contributed by atoms with Gasteiger partial charge in [0.1, 0.15) is 5.69 Å².